The second kappa shape index (κ2) is 4.84. The molecule has 0 unspecified atom stereocenters. The van der Waals surface area contributed by atoms with Gasteiger partial charge in [0.25, 0.3) is 0 Å². The van der Waals surface area contributed by atoms with E-state index in [1.807, 2.05) is 0 Å². The summed E-state index contributed by atoms with van der Waals surface area (Å²) >= 11 is 0. The standard InChI is InChI=1S/C15H24O2Si/c1-15(2,3)18(4,5)16-11-7-9-12-8-6-10-13-14(12)17-13/h8,13-14H,6,10-11H2,1-5H3/t13-,14+/m1/s1. The summed E-state index contributed by atoms with van der Waals surface area (Å²) in [4.78, 5) is 0. The lowest BCUT2D eigenvalue weighted by molar-refractivity contribution is 0.334. The number of hydrogen-bond donors (Lipinski definition) is 0. The highest BCUT2D eigenvalue weighted by Crippen LogP contribution is 2.37. The Morgan fingerprint density at radius 2 is 2.17 bits per heavy atom. The van der Waals surface area contributed by atoms with Crippen LogP contribution in [-0.4, -0.2) is 27.1 Å². The molecule has 18 heavy (non-hydrogen) atoms. The van der Waals surface area contributed by atoms with Gasteiger partial charge in [-0.05, 0) is 31.0 Å². The van der Waals surface area contributed by atoms with Crippen LogP contribution in [0.15, 0.2) is 11.6 Å². The van der Waals surface area contributed by atoms with Crippen molar-refractivity contribution in [2.75, 3.05) is 6.61 Å². The Bertz CT molecular complexity index is 406. The molecular formula is C15H24O2Si. The molecule has 1 fully saturated rings. The average Bonchev–Trinajstić information content (AvgIpc) is 3.02. The van der Waals surface area contributed by atoms with E-state index in [0.29, 0.717) is 18.8 Å². The first-order chi connectivity index (χ1) is 8.31. The van der Waals surface area contributed by atoms with Gasteiger partial charge < -0.3 is 9.16 Å². The van der Waals surface area contributed by atoms with Crippen LogP contribution in [0.5, 0.6) is 0 Å². The molecule has 1 heterocycles. The van der Waals surface area contributed by atoms with Crippen molar-refractivity contribution in [3.05, 3.63) is 11.6 Å². The number of ether oxygens (including phenoxy) is 1. The summed E-state index contributed by atoms with van der Waals surface area (Å²) in [5.74, 6) is 6.37. The third kappa shape index (κ3) is 3.06. The van der Waals surface area contributed by atoms with E-state index in [-0.39, 0.29) is 5.04 Å². The predicted molar refractivity (Wildman–Crippen MR) is 76.9 cm³/mol. The Labute approximate surface area is 112 Å². The molecule has 3 heteroatoms. The summed E-state index contributed by atoms with van der Waals surface area (Å²) in [6.07, 6.45) is 5.25. The first-order valence-corrected chi connectivity index (χ1v) is 9.70. The van der Waals surface area contributed by atoms with E-state index >= 15 is 0 Å². The predicted octanol–water partition coefficient (Wildman–Crippen LogP) is 3.50. The van der Waals surface area contributed by atoms with Crippen LogP contribution in [0.1, 0.15) is 33.6 Å². The quantitative estimate of drug-likeness (QED) is 0.432. The third-order valence-corrected chi connectivity index (χ3v) is 8.73. The van der Waals surface area contributed by atoms with Gasteiger partial charge in [-0.15, -0.1) is 0 Å². The molecule has 0 saturated carbocycles. The minimum absolute atomic E-state index is 0.253. The molecule has 2 atom stereocenters. The van der Waals surface area contributed by atoms with Crippen molar-refractivity contribution in [2.24, 2.45) is 0 Å². The van der Waals surface area contributed by atoms with Crippen LogP contribution in [0.3, 0.4) is 0 Å². The Kier molecular flexibility index (Phi) is 3.73. The van der Waals surface area contributed by atoms with Crippen LogP contribution < -0.4 is 0 Å². The van der Waals surface area contributed by atoms with Gasteiger partial charge in [-0.2, -0.15) is 0 Å². The smallest absolute Gasteiger partial charge is 0.193 e. The van der Waals surface area contributed by atoms with E-state index < -0.39 is 8.32 Å². The van der Waals surface area contributed by atoms with Crippen LogP contribution in [0, 0.1) is 11.8 Å². The van der Waals surface area contributed by atoms with Crippen LogP contribution in [0.2, 0.25) is 18.1 Å². The van der Waals surface area contributed by atoms with Crippen LogP contribution in [0.4, 0.5) is 0 Å². The summed E-state index contributed by atoms with van der Waals surface area (Å²) in [5, 5.41) is 0.253. The fourth-order valence-electron chi connectivity index (χ4n) is 1.85. The molecule has 1 saturated heterocycles. The van der Waals surface area contributed by atoms with Crippen molar-refractivity contribution >= 4 is 8.32 Å². The molecule has 1 aliphatic heterocycles. The SMILES string of the molecule is CC(C)(C)[Si](C)(C)OCC#CC1=CCC[C@H]2O[C@@H]12. The first kappa shape index (κ1) is 13.9. The molecule has 2 nitrogen and oxygen atoms in total. The van der Waals surface area contributed by atoms with Crippen molar-refractivity contribution < 1.29 is 9.16 Å². The number of allylic oxidation sites excluding steroid dienone is 1. The van der Waals surface area contributed by atoms with E-state index in [4.69, 9.17) is 9.16 Å². The normalized spacial score (nSPS) is 26.8. The molecule has 0 amide bonds. The zero-order valence-corrected chi connectivity index (χ0v) is 13.2. The maximum atomic E-state index is 6.03. The summed E-state index contributed by atoms with van der Waals surface area (Å²) in [6.45, 7) is 11.8. The highest BCUT2D eigenvalue weighted by molar-refractivity contribution is 6.74. The molecule has 0 spiro atoms. The second-order valence-corrected chi connectivity index (χ2v) is 11.5. The summed E-state index contributed by atoms with van der Waals surface area (Å²) in [7, 11) is -1.65. The van der Waals surface area contributed by atoms with Gasteiger partial charge >= 0.3 is 0 Å². The number of epoxide rings is 1. The summed E-state index contributed by atoms with van der Waals surface area (Å²) < 4.78 is 11.6. The van der Waals surface area contributed by atoms with Crippen molar-refractivity contribution in [3.63, 3.8) is 0 Å². The van der Waals surface area contributed by atoms with Crippen LogP contribution >= 0.6 is 0 Å². The molecule has 0 aromatic rings. The molecular weight excluding hydrogens is 240 g/mol. The van der Waals surface area contributed by atoms with Crippen molar-refractivity contribution in [2.45, 2.75) is 64.0 Å². The number of rotatable bonds is 2. The van der Waals surface area contributed by atoms with Gasteiger partial charge in [0.05, 0.1) is 12.7 Å². The second-order valence-electron chi connectivity index (χ2n) is 6.68. The number of fused-ring (bicyclic) bond motifs is 1. The Balaban J connectivity index is 1.84. The van der Waals surface area contributed by atoms with Gasteiger partial charge in [-0.25, -0.2) is 0 Å². The molecule has 0 aromatic heterocycles. The maximum Gasteiger partial charge on any atom is 0.193 e. The lowest BCUT2D eigenvalue weighted by atomic mass is 10.0. The fourth-order valence-corrected chi connectivity index (χ4v) is 2.71. The first-order valence-electron chi connectivity index (χ1n) is 6.79. The molecule has 0 N–H and O–H groups in total. The fraction of sp³-hybridized carbons (Fsp3) is 0.733. The van der Waals surface area contributed by atoms with Crippen LogP contribution in [-0.2, 0) is 9.16 Å². The lowest BCUT2D eigenvalue weighted by Gasteiger charge is -2.35. The Morgan fingerprint density at radius 3 is 2.83 bits per heavy atom. The molecule has 0 bridgehead atoms. The molecule has 100 valence electrons. The van der Waals surface area contributed by atoms with Gasteiger partial charge in [0, 0.05) is 5.57 Å². The zero-order valence-electron chi connectivity index (χ0n) is 12.2. The largest absolute Gasteiger partial charge is 0.406 e. The maximum absolute atomic E-state index is 6.03. The van der Waals surface area contributed by atoms with Gasteiger partial charge in [0.1, 0.15) is 6.10 Å². The molecule has 2 rings (SSSR count). The number of hydrogen-bond acceptors (Lipinski definition) is 2. The van der Waals surface area contributed by atoms with Gasteiger partial charge in [0.15, 0.2) is 8.32 Å². The van der Waals surface area contributed by atoms with Gasteiger partial charge in [0.2, 0.25) is 0 Å². The van der Waals surface area contributed by atoms with E-state index in [2.05, 4.69) is 51.8 Å². The monoisotopic (exact) mass is 264 g/mol. The van der Waals surface area contributed by atoms with Gasteiger partial charge in [-0.1, -0.05) is 38.7 Å². The molecule has 0 aromatic carbocycles. The van der Waals surface area contributed by atoms with E-state index in [1.54, 1.807) is 0 Å². The Morgan fingerprint density at radius 1 is 1.44 bits per heavy atom. The minimum atomic E-state index is -1.65. The summed E-state index contributed by atoms with van der Waals surface area (Å²) in [6, 6.07) is 0. The lowest BCUT2D eigenvalue weighted by Crippen LogP contribution is -2.40. The van der Waals surface area contributed by atoms with E-state index in [1.165, 1.54) is 5.57 Å². The van der Waals surface area contributed by atoms with Crippen LogP contribution in [0.25, 0.3) is 0 Å². The van der Waals surface area contributed by atoms with Crippen molar-refractivity contribution in [3.8, 4) is 11.8 Å². The Hall–Kier alpha value is -0.563. The van der Waals surface area contributed by atoms with Crippen molar-refractivity contribution in [1.29, 1.82) is 0 Å². The highest BCUT2D eigenvalue weighted by atomic mass is 28.4. The van der Waals surface area contributed by atoms with E-state index in [0.717, 1.165) is 12.8 Å². The third-order valence-electron chi connectivity index (χ3n) is 4.25. The zero-order chi connectivity index (χ0) is 13.4. The summed E-state index contributed by atoms with van der Waals surface area (Å²) in [5.41, 5.74) is 1.17. The topological polar surface area (TPSA) is 21.8 Å². The van der Waals surface area contributed by atoms with Gasteiger partial charge in [-0.3, -0.25) is 0 Å². The molecule has 2 aliphatic rings. The highest BCUT2D eigenvalue weighted by Gasteiger charge is 2.42. The average molecular weight is 264 g/mol. The van der Waals surface area contributed by atoms with E-state index in [9.17, 15) is 0 Å². The molecule has 1 aliphatic carbocycles. The van der Waals surface area contributed by atoms with Crippen molar-refractivity contribution in [1.82, 2.24) is 0 Å². The minimum Gasteiger partial charge on any atom is -0.406 e. The molecule has 0 radical (unpaired) electrons.